The molecular formula is C16H12ClFN4OS. The van der Waals surface area contributed by atoms with Gasteiger partial charge in [0, 0.05) is 9.92 Å². The van der Waals surface area contributed by atoms with Crippen molar-refractivity contribution in [2.24, 2.45) is 0 Å². The van der Waals surface area contributed by atoms with Crippen LogP contribution in [0.1, 0.15) is 0 Å². The zero-order valence-corrected chi connectivity index (χ0v) is 13.9. The first-order valence-corrected chi connectivity index (χ1v) is 8.31. The highest BCUT2D eigenvalue weighted by molar-refractivity contribution is 8.00. The maximum atomic E-state index is 12.9. The molecule has 0 radical (unpaired) electrons. The first-order valence-electron chi connectivity index (χ1n) is 6.94. The highest BCUT2D eigenvalue weighted by Crippen LogP contribution is 2.25. The van der Waals surface area contributed by atoms with Crippen LogP contribution in [0.2, 0.25) is 5.02 Å². The van der Waals surface area contributed by atoms with E-state index in [1.807, 2.05) is 0 Å². The number of thioether (sulfide) groups is 1. The second-order valence-corrected chi connectivity index (χ2v) is 6.28. The van der Waals surface area contributed by atoms with Gasteiger partial charge in [0.05, 0.1) is 17.1 Å². The summed E-state index contributed by atoms with van der Waals surface area (Å²) in [7, 11) is 0. The summed E-state index contributed by atoms with van der Waals surface area (Å²) in [6.07, 6.45) is 2.94. The predicted octanol–water partition coefficient (Wildman–Crippen LogP) is 3.79. The maximum Gasteiger partial charge on any atom is 0.234 e. The Bertz CT molecular complexity index is 840. The molecule has 0 aliphatic rings. The molecule has 2 aromatic carbocycles. The van der Waals surface area contributed by atoms with Gasteiger partial charge in [-0.2, -0.15) is 5.10 Å². The number of nitrogens with zero attached hydrogens (tertiary/aromatic N) is 3. The van der Waals surface area contributed by atoms with Gasteiger partial charge >= 0.3 is 0 Å². The molecule has 8 heteroatoms. The first-order chi connectivity index (χ1) is 11.6. The minimum Gasteiger partial charge on any atom is -0.323 e. The lowest BCUT2D eigenvalue weighted by Crippen LogP contribution is -2.16. The number of carbonyl (C=O) groups excluding carboxylic acids is 1. The molecule has 0 bridgehead atoms. The highest BCUT2D eigenvalue weighted by Gasteiger charge is 2.10. The highest BCUT2D eigenvalue weighted by atomic mass is 35.5. The van der Waals surface area contributed by atoms with Crippen LogP contribution in [0.25, 0.3) is 5.69 Å². The van der Waals surface area contributed by atoms with Gasteiger partial charge in [0.1, 0.15) is 18.5 Å². The van der Waals surface area contributed by atoms with Crippen LogP contribution in [0.4, 0.5) is 10.1 Å². The topological polar surface area (TPSA) is 59.8 Å². The fraction of sp³-hybridized carbons (Fsp3) is 0.0625. The molecule has 1 aromatic heterocycles. The summed E-state index contributed by atoms with van der Waals surface area (Å²) in [4.78, 5) is 16.9. The number of aromatic nitrogens is 3. The Morgan fingerprint density at radius 2 is 2.04 bits per heavy atom. The van der Waals surface area contributed by atoms with Gasteiger partial charge < -0.3 is 5.32 Å². The minimum absolute atomic E-state index is 0.189. The van der Waals surface area contributed by atoms with Gasteiger partial charge in [-0.3, -0.25) is 4.79 Å². The molecule has 3 rings (SSSR count). The molecule has 0 atom stereocenters. The maximum absolute atomic E-state index is 12.9. The van der Waals surface area contributed by atoms with Crippen molar-refractivity contribution in [3.63, 3.8) is 0 Å². The smallest absolute Gasteiger partial charge is 0.234 e. The quantitative estimate of drug-likeness (QED) is 0.701. The van der Waals surface area contributed by atoms with E-state index in [0.29, 0.717) is 16.4 Å². The molecule has 0 aliphatic carbocycles. The minimum atomic E-state index is -0.305. The van der Waals surface area contributed by atoms with Crippen LogP contribution in [0.5, 0.6) is 0 Å². The molecule has 0 spiro atoms. The largest absolute Gasteiger partial charge is 0.323 e. The summed E-state index contributed by atoms with van der Waals surface area (Å²) in [6, 6.07) is 11.1. The molecule has 0 aliphatic heterocycles. The molecule has 1 heterocycles. The van der Waals surface area contributed by atoms with E-state index in [1.165, 1.54) is 36.5 Å². The van der Waals surface area contributed by atoms with E-state index < -0.39 is 0 Å². The van der Waals surface area contributed by atoms with Crippen LogP contribution in [-0.4, -0.2) is 26.4 Å². The summed E-state index contributed by atoms with van der Waals surface area (Å²) >= 11 is 7.33. The molecule has 0 fully saturated rings. The van der Waals surface area contributed by atoms with Crippen LogP contribution in [0.15, 0.2) is 60.0 Å². The lowest BCUT2D eigenvalue weighted by Gasteiger charge is -2.11. The molecule has 0 saturated carbocycles. The Morgan fingerprint density at radius 1 is 1.25 bits per heavy atom. The van der Waals surface area contributed by atoms with Gasteiger partial charge in [0.2, 0.25) is 5.91 Å². The molecule has 3 aromatic rings. The number of anilines is 1. The van der Waals surface area contributed by atoms with E-state index in [9.17, 15) is 9.18 Å². The number of amides is 1. The fourth-order valence-electron chi connectivity index (χ4n) is 2.01. The number of nitrogens with one attached hydrogen (secondary N) is 1. The normalized spacial score (nSPS) is 10.6. The summed E-state index contributed by atoms with van der Waals surface area (Å²) < 4.78 is 14.4. The van der Waals surface area contributed by atoms with Crippen LogP contribution >= 0.6 is 23.4 Å². The SMILES string of the molecule is O=C(CSc1ccc(F)cc1)Nc1cc(Cl)ccc1-n1cncn1. The number of benzene rings is 2. The number of hydrogen-bond acceptors (Lipinski definition) is 4. The van der Waals surface area contributed by atoms with E-state index in [0.717, 1.165) is 4.90 Å². The molecule has 1 amide bonds. The van der Waals surface area contributed by atoms with Crippen molar-refractivity contribution in [1.29, 1.82) is 0 Å². The first kappa shape index (κ1) is 16.5. The van der Waals surface area contributed by atoms with E-state index in [1.54, 1.807) is 35.0 Å². The standard InChI is InChI=1S/C16H12ClFN4OS/c17-11-1-6-15(22-10-19-9-20-22)14(7-11)21-16(23)8-24-13-4-2-12(18)3-5-13/h1-7,9-10H,8H2,(H,21,23). The van der Waals surface area contributed by atoms with Crippen molar-refractivity contribution < 1.29 is 9.18 Å². The van der Waals surface area contributed by atoms with Crippen LogP contribution < -0.4 is 5.32 Å². The zero-order valence-electron chi connectivity index (χ0n) is 12.3. The second kappa shape index (κ2) is 7.46. The lowest BCUT2D eigenvalue weighted by atomic mass is 10.2. The van der Waals surface area contributed by atoms with E-state index in [4.69, 9.17) is 11.6 Å². The van der Waals surface area contributed by atoms with Crippen LogP contribution in [0.3, 0.4) is 0 Å². The summed E-state index contributed by atoms with van der Waals surface area (Å²) in [5, 5.41) is 7.37. The Kier molecular flexibility index (Phi) is 5.12. The van der Waals surface area contributed by atoms with Gasteiger partial charge in [0.25, 0.3) is 0 Å². The predicted molar refractivity (Wildman–Crippen MR) is 92.1 cm³/mol. The van der Waals surface area contributed by atoms with E-state index in [2.05, 4.69) is 15.4 Å². The lowest BCUT2D eigenvalue weighted by molar-refractivity contribution is -0.113. The molecule has 0 unspecified atom stereocenters. The number of hydrogen-bond donors (Lipinski definition) is 1. The third-order valence-corrected chi connectivity index (χ3v) is 4.33. The Labute approximate surface area is 146 Å². The van der Waals surface area contributed by atoms with Crippen LogP contribution in [-0.2, 0) is 4.79 Å². The molecule has 1 N–H and O–H groups in total. The van der Waals surface area contributed by atoms with Crippen molar-refractivity contribution in [2.45, 2.75) is 4.90 Å². The van der Waals surface area contributed by atoms with E-state index >= 15 is 0 Å². The van der Waals surface area contributed by atoms with Gasteiger partial charge in [0.15, 0.2) is 0 Å². The van der Waals surface area contributed by atoms with Crippen LogP contribution in [0, 0.1) is 5.82 Å². The molecule has 0 saturated heterocycles. The Morgan fingerprint density at radius 3 is 2.75 bits per heavy atom. The number of halogens is 2. The van der Waals surface area contributed by atoms with Crippen molar-refractivity contribution in [1.82, 2.24) is 14.8 Å². The number of carbonyl (C=O) groups is 1. The third-order valence-electron chi connectivity index (χ3n) is 3.08. The Balaban J connectivity index is 1.70. The van der Waals surface area contributed by atoms with Gasteiger partial charge in [-0.15, -0.1) is 11.8 Å². The second-order valence-electron chi connectivity index (χ2n) is 4.79. The van der Waals surface area contributed by atoms with Crippen molar-refractivity contribution >= 4 is 35.0 Å². The molecule has 5 nitrogen and oxygen atoms in total. The zero-order chi connectivity index (χ0) is 16.9. The van der Waals surface area contributed by atoms with Crippen molar-refractivity contribution in [3.8, 4) is 5.69 Å². The van der Waals surface area contributed by atoms with Gasteiger partial charge in [-0.1, -0.05) is 11.6 Å². The molecule has 24 heavy (non-hydrogen) atoms. The fourth-order valence-corrected chi connectivity index (χ4v) is 2.88. The van der Waals surface area contributed by atoms with Gasteiger partial charge in [-0.05, 0) is 42.5 Å². The molecule has 122 valence electrons. The monoisotopic (exact) mass is 362 g/mol. The summed E-state index contributed by atoms with van der Waals surface area (Å²) in [6.45, 7) is 0. The van der Waals surface area contributed by atoms with Crippen molar-refractivity contribution in [3.05, 3.63) is 66.0 Å². The third kappa shape index (κ3) is 4.12. The Hall–Kier alpha value is -2.38. The summed E-state index contributed by atoms with van der Waals surface area (Å²) in [5.74, 6) is -0.317. The average molecular weight is 363 g/mol. The molecular weight excluding hydrogens is 351 g/mol. The van der Waals surface area contributed by atoms with Gasteiger partial charge in [-0.25, -0.2) is 14.1 Å². The van der Waals surface area contributed by atoms with E-state index in [-0.39, 0.29) is 17.5 Å². The van der Waals surface area contributed by atoms with Crippen molar-refractivity contribution in [2.75, 3.05) is 11.1 Å². The summed E-state index contributed by atoms with van der Waals surface area (Å²) in [5.41, 5.74) is 1.20. The average Bonchev–Trinajstić information content (AvgIpc) is 3.09. The number of rotatable bonds is 5.